The number of hydrogen-bond donors (Lipinski definition) is 2. The van der Waals surface area contributed by atoms with Gasteiger partial charge in [-0.05, 0) is 11.4 Å². The summed E-state index contributed by atoms with van der Waals surface area (Å²) in [6.45, 7) is 0.483. The van der Waals surface area contributed by atoms with Gasteiger partial charge in [0.1, 0.15) is 23.7 Å². The zero-order chi connectivity index (χ0) is 21.1. The van der Waals surface area contributed by atoms with Gasteiger partial charge in [0.05, 0.1) is 44.0 Å². The molecule has 4 atom stereocenters. The lowest BCUT2D eigenvalue weighted by molar-refractivity contribution is 0.00862. The smallest absolute Gasteiger partial charge is 0.412 e. The van der Waals surface area contributed by atoms with E-state index in [2.05, 4.69) is 10.6 Å². The molecule has 2 amide bonds. The van der Waals surface area contributed by atoms with Crippen molar-refractivity contribution in [3.63, 3.8) is 0 Å². The first-order chi connectivity index (χ1) is 14.6. The maximum absolute atomic E-state index is 12.4. The largest absolute Gasteiger partial charge is 0.497 e. The van der Waals surface area contributed by atoms with Crippen LogP contribution in [0.1, 0.15) is 9.67 Å². The number of hydrogen-bond acceptors (Lipinski definition) is 8. The number of thiophene rings is 1. The predicted molar refractivity (Wildman–Crippen MR) is 108 cm³/mol. The van der Waals surface area contributed by atoms with Crippen LogP contribution in [-0.4, -0.2) is 63.8 Å². The molecule has 0 spiro atoms. The predicted octanol–water partition coefficient (Wildman–Crippen LogP) is 2.28. The Hall–Kier alpha value is -2.82. The summed E-state index contributed by atoms with van der Waals surface area (Å²) >= 11 is 1.37. The number of fused-ring (bicyclic) bond motifs is 1. The Morgan fingerprint density at radius 1 is 1.07 bits per heavy atom. The van der Waals surface area contributed by atoms with Gasteiger partial charge in [0.25, 0.3) is 5.91 Å². The summed E-state index contributed by atoms with van der Waals surface area (Å²) in [6.07, 6.45) is -2.03. The standard InChI is InChI=1S/C20H22N2O7S/c1-25-12-6-11(7-13(8-12)26-2)21-20(24)29-15-10-28-17-14(9-27-18(15)17)22-19(23)16-4-3-5-30-16/h3-8,14-15,17-18H,9-10H2,1-2H3,(H,21,24)(H,22,23). The molecule has 2 N–H and O–H groups in total. The van der Waals surface area contributed by atoms with Crippen LogP contribution in [0.4, 0.5) is 10.5 Å². The van der Waals surface area contributed by atoms with Crippen molar-refractivity contribution in [2.45, 2.75) is 24.4 Å². The van der Waals surface area contributed by atoms with Crippen LogP contribution in [0.2, 0.25) is 0 Å². The molecule has 160 valence electrons. The molecular weight excluding hydrogens is 412 g/mol. The molecule has 30 heavy (non-hydrogen) atoms. The minimum atomic E-state index is -0.644. The first-order valence-electron chi connectivity index (χ1n) is 9.35. The van der Waals surface area contributed by atoms with Crippen molar-refractivity contribution in [3.8, 4) is 11.5 Å². The van der Waals surface area contributed by atoms with Crippen molar-refractivity contribution in [1.82, 2.24) is 5.32 Å². The van der Waals surface area contributed by atoms with Gasteiger partial charge in [0, 0.05) is 18.2 Å². The highest BCUT2D eigenvalue weighted by molar-refractivity contribution is 7.12. The Labute approximate surface area is 177 Å². The van der Waals surface area contributed by atoms with E-state index in [1.807, 2.05) is 11.4 Å². The average Bonchev–Trinajstić information content (AvgIpc) is 3.48. The fourth-order valence-corrected chi connectivity index (χ4v) is 4.13. The number of nitrogens with one attached hydrogen (secondary N) is 2. The molecule has 0 radical (unpaired) electrons. The molecule has 2 fully saturated rings. The third-order valence-corrected chi connectivity index (χ3v) is 5.79. The fraction of sp³-hybridized carbons (Fsp3) is 0.400. The molecule has 0 bridgehead atoms. The highest BCUT2D eigenvalue weighted by Crippen LogP contribution is 2.30. The summed E-state index contributed by atoms with van der Waals surface area (Å²) in [5, 5.41) is 7.43. The quantitative estimate of drug-likeness (QED) is 0.719. The Bertz CT molecular complexity index is 882. The maximum atomic E-state index is 12.4. The monoisotopic (exact) mass is 434 g/mol. The van der Waals surface area contributed by atoms with E-state index in [9.17, 15) is 9.59 Å². The maximum Gasteiger partial charge on any atom is 0.412 e. The van der Waals surface area contributed by atoms with E-state index in [1.165, 1.54) is 25.6 Å². The van der Waals surface area contributed by atoms with E-state index in [0.29, 0.717) is 28.7 Å². The molecule has 2 aromatic rings. The first kappa shape index (κ1) is 20.5. The van der Waals surface area contributed by atoms with Crippen LogP contribution >= 0.6 is 11.3 Å². The van der Waals surface area contributed by atoms with E-state index in [1.54, 1.807) is 24.3 Å². The number of ether oxygens (including phenoxy) is 5. The van der Waals surface area contributed by atoms with Crippen LogP contribution < -0.4 is 20.1 Å². The third-order valence-electron chi connectivity index (χ3n) is 4.93. The molecule has 10 heteroatoms. The van der Waals surface area contributed by atoms with Gasteiger partial charge in [-0.25, -0.2) is 4.79 Å². The highest BCUT2D eigenvalue weighted by Gasteiger charge is 2.50. The van der Waals surface area contributed by atoms with Crippen molar-refractivity contribution in [2.24, 2.45) is 0 Å². The third kappa shape index (κ3) is 4.35. The second-order valence-corrected chi connectivity index (χ2v) is 7.77. The van der Waals surface area contributed by atoms with Crippen molar-refractivity contribution in [2.75, 3.05) is 32.8 Å². The molecule has 4 unspecified atom stereocenters. The number of amides is 2. The summed E-state index contributed by atoms with van der Waals surface area (Å²) in [4.78, 5) is 25.3. The zero-order valence-corrected chi connectivity index (χ0v) is 17.3. The summed E-state index contributed by atoms with van der Waals surface area (Å²) in [7, 11) is 3.05. The Morgan fingerprint density at radius 3 is 2.47 bits per heavy atom. The number of rotatable bonds is 6. The number of carbonyl (C=O) groups excluding carboxylic acids is 2. The molecule has 1 aromatic heterocycles. The molecule has 0 saturated carbocycles. The molecule has 9 nitrogen and oxygen atoms in total. The number of benzene rings is 1. The van der Waals surface area contributed by atoms with E-state index < -0.39 is 18.3 Å². The topological polar surface area (TPSA) is 104 Å². The first-order valence-corrected chi connectivity index (χ1v) is 10.2. The minimum absolute atomic E-state index is 0.170. The molecule has 4 rings (SSSR count). The number of carbonyl (C=O) groups is 2. The van der Waals surface area contributed by atoms with Gasteiger partial charge in [0.15, 0.2) is 6.10 Å². The fourth-order valence-electron chi connectivity index (χ4n) is 3.50. The molecule has 1 aromatic carbocycles. The van der Waals surface area contributed by atoms with E-state index >= 15 is 0 Å². The van der Waals surface area contributed by atoms with Gasteiger partial charge in [-0.2, -0.15) is 0 Å². The highest BCUT2D eigenvalue weighted by atomic mass is 32.1. The van der Waals surface area contributed by atoms with Crippen LogP contribution in [0.15, 0.2) is 35.7 Å². The lowest BCUT2D eigenvalue weighted by atomic mass is 10.1. The Kier molecular flexibility index (Phi) is 6.07. The van der Waals surface area contributed by atoms with Crippen molar-refractivity contribution < 1.29 is 33.3 Å². The molecule has 3 heterocycles. The van der Waals surface area contributed by atoms with Gasteiger partial charge in [-0.1, -0.05) is 6.07 Å². The second-order valence-electron chi connectivity index (χ2n) is 6.82. The van der Waals surface area contributed by atoms with Gasteiger partial charge in [0.2, 0.25) is 0 Å². The summed E-state index contributed by atoms with van der Waals surface area (Å²) < 4.78 is 27.4. The normalized spacial score (nSPS) is 24.7. The molecule has 2 saturated heterocycles. The SMILES string of the molecule is COc1cc(NC(=O)OC2COC3C(NC(=O)c4cccs4)COC23)cc(OC)c1. The van der Waals surface area contributed by atoms with Crippen LogP contribution in [-0.2, 0) is 14.2 Å². The lowest BCUT2D eigenvalue weighted by Gasteiger charge is -2.18. The number of methoxy groups -OCH3 is 2. The van der Waals surface area contributed by atoms with Crippen LogP contribution in [0.25, 0.3) is 0 Å². The van der Waals surface area contributed by atoms with Gasteiger partial charge >= 0.3 is 6.09 Å². The lowest BCUT2D eigenvalue weighted by Crippen LogP contribution is -2.44. The van der Waals surface area contributed by atoms with Crippen LogP contribution in [0.5, 0.6) is 11.5 Å². The molecule has 2 aliphatic heterocycles. The van der Waals surface area contributed by atoms with E-state index in [4.69, 9.17) is 23.7 Å². The Morgan fingerprint density at radius 2 is 1.80 bits per heavy atom. The molecule has 2 aliphatic rings. The number of anilines is 1. The van der Waals surface area contributed by atoms with Gasteiger partial charge in [-0.3, -0.25) is 10.1 Å². The molecule has 0 aliphatic carbocycles. The van der Waals surface area contributed by atoms with Gasteiger partial charge in [-0.15, -0.1) is 11.3 Å². The zero-order valence-electron chi connectivity index (χ0n) is 16.5. The summed E-state index contributed by atoms with van der Waals surface area (Å²) in [5.74, 6) is 0.909. The minimum Gasteiger partial charge on any atom is -0.497 e. The van der Waals surface area contributed by atoms with Gasteiger partial charge < -0.3 is 29.0 Å². The average molecular weight is 434 g/mol. The van der Waals surface area contributed by atoms with Crippen LogP contribution in [0, 0.1) is 0 Å². The van der Waals surface area contributed by atoms with Crippen LogP contribution in [0.3, 0.4) is 0 Å². The van der Waals surface area contributed by atoms with E-state index in [0.717, 1.165) is 0 Å². The van der Waals surface area contributed by atoms with Crippen molar-refractivity contribution in [3.05, 3.63) is 40.6 Å². The summed E-state index contributed by atoms with van der Waals surface area (Å²) in [6, 6.07) is 8.28. The second kappa shape index (κ2) is 8.90. The Balaban J connectivity index is 1.33. The van der Waals surface area contributed by atoms with Crippen molar-refractivity contribution >= 4 is 29.0 Å². The molecular formula is C20H22N2O7S. The summed E-state index contributed by atoms with van der Waals surface area (Å²) in [5.41, 5.74) is 0.472. The van der Waals surface area contributed by atoms with Crippen molar-refractivity contribution in [1.29, 1.82) is 0 Å². The van der Waals surface area contributed by atoms with E-state index in [-0.39, 0.29) is 24.7 Å².